The number of furan rings is 1. The lowest BCUT2D eigenvalue weighted by atomic mass is 9.96. The fourth-order valence-corrected chi connectivity index (χ4v) is 7.82. The van der Waals surface area contributed by atoms with Crippen LogP contribution in [0.25, 0.3) is 77.2 Å². The molecule has 0 N–H and O–H groups in total. The van der Waals surface area contributed by atoms with E-state index >= 15 is 0 Å². The number of para-hydroxylation sites is 1. The lowest BCUT2D eigenvalue weighted by Crippen LogP contribution is -2.10. The van der Waals surface area contributed by atoms with Crippen LogP contribution >= 0.6 is 0 Å². The molecule has 0 spiro atoms. The molecular formula is C52H35NO. The summed E-state index contributed by atoms with van der Waals surface area (Å²) in [6, 6.07) is 76.0. The standard InChI is InChI=1S/C52H35NO/c1-3-13-36(14-4-1)39-17-11-18-40(33-39)37-25-28-43(29-26-37)53(50-31-30-45(38-15-5-2-6-16-38)46-21-7-8-22-47(46)50)44-20-12-19-41(34-44)42-27-32-52-49(35-42)48-23-9-10-24-51(48)54-52/h1-35H. The van der Waals surface area contributed by atoms with Crippen LogP contribution in [0.4, 0.5) is 17.1 Å². The van der Waals surface area contributed by atoms with Crippen molar-refractivity contribution in [3.8, 4) is 44.5 Å². The summed E-state index contributed by atoms with van der Waals surface area (Å²) in [5, 5.41) is 4.66. The van der Waals surface area contributed by atoms with Gasteiger partial charge in [-0.05, 0) is 104 Å². The molecule has 0 radical (unpaired) electrons. The van der Waals surface area contributed by atoms with Crippen molar-refractivity contribution in [1.29, 1.82) is 0 Å². The number of rotatable bonds is 7. The molecule has 254 valence electrons. The average Bonchev–Trinajstić information content (AvgIpc) is 3.63. The van der Waals surface area contributed by atoms with E-state index in [0.717, 1.165) is 50.1 Å². The molecule has 0 bridgehead atoms. The molecule has 0 aliphatic rings. The van der Waals surface area contributed by atoms with Crippen molar-refractivity contribution in [2.45, 2.75) is 0 Å². The highest BCUT2D eigenvalue weighted by Gasteiger charge is 2.19. The molecule has 10 rings (SSSR count). The third-order valence-corrected chi connectivity index (χ3v) is 10.5. The maximum Gasteiger partial charge on any atom is 0.135 e. The predicted octanol–water partition coefficient (Wildman–Crippen LogP) is 14.9. The molecule has 0 aliphatic heterocycles. The van der Waals surface area contributed by atoms with Gasteiger partial charge in [0.25, 0.3) is 0 Å². The number of hydrogen-bond donors (Lipinski definition) is 0. The van der Waals surface area contributed by atoms with Crippen molar-refractivity contribution < 1.29 is 4.42 Å². The van der Waals surface area contributed by atoms with Crippen LogP contribution in [0.15, 0.2) is 217 Å². The second-order valence-electron chi connectivity index (χ2n) is 13.7. The lowest BCUT2D eigenvalue weighted by molar-refractivity contribution is 0.669. The molecule has 9 aromatic carbocycles. The SMILES string of the molecule is c1ccc(-c2cccc(-c3ccc(N(c4cccc(-c5ccc6oc7ccccc7c6c5)c4)c4ccc(-c5ccccc5)c5ccccc45)cc3)c2)cc1. The first-order valence-electron chi connectivity index (χ1n) is 18.4. The highest BCUT2D eigenvalue weighted by atomic mass is 16.3. The van der Waals surface area contributed by atoms with Crippen molar-refractivity contribution in [2.75, 3.05) is 4.90 Å². The summed E-state index contributed by atoms with van der Waals surface area (Å²) in [6.07, 6.45) is 0. The normalized spacial score (nSPS) is 11.3. The van der Waals surface area contributed by atoms with Gasteiger partial charge in [-0.1, -0.05) is 158 Å². The molecule has 0 saturated carbocycles. The zero-order valence-electron chi connectivity index (χ0n) is 29.6. The molecule has 54 heavy (non-hydrogen) atoms. The Morgan fingerprint density at radius 3 is 1.57 bits per heavy atom. The molecule has 10 aromatic rings. The lowest BCUT2D eigenvalue weighted by Gasteiger charge is -2.28. The first kappa shape index (κ1) is 31.6. The maximum absolute atomic E-state index is 6.17. The zero-order valence-corrected chi connectivity index (χ0v) is 29.6. The van der Waals surface area contributed by atoms with Gasteiger partial charge in [-0.2, -0.15) is 0 Å². The van der Waals surface area contributed by atoms with Gasteiger partial charge in [0.15, 0.2) is 0 Å². The number of benzene rings is 9. The van der Waals surface area contributed by atoms with E-state index < -0.39 is 0 Å². The van der Waals surface area contributed by atoms with Gasteiger partial charge in [0, 0.05) is 27.5 Å². The Morgan fingerprint density at radius 1 is 0.278 bits per heavy atom. The van der Waals surface area contributed by atoms with E-state index in [4.69, 9.17) is 4.42 Å². The first-order valence-corrected chi connectivity index (χ1v) is 18.4. The largest absolute Gasteiger partial charge is 0.456 e. The third-order valence-electron chi connectivity index (χ3n) is 10.5. The minimum atomic E-state index is 0.900. The topological polar surface area (TPSA) is 16.4 Å². The Balaban J connectivity index is 1.11. The molecule has 0 unspecified atom stereocenters. The van der Waals surface area contributed by atoms with Gasteiger partial charge in [-0.3, -0.25) is 0 Å². The summed E-state index contributed by atoms with van der Waals surface area (Å²) >= 11 is 0. The van der Waals surface area contributed by atoms with Crippen LogP contribution in [0.5, 0.6) is 0 Å². The maximum atomic E-state index is 6.17. The summed E-state index contributed by atoms with van der Waals surface area (Å²) in [6.45, 7) is 0. The molecular weight excluding hydrogens is 655 g/mol. The van der Waals surface area contributed by atoms with Gasteiger partial charge in [0.1, 0.15) is 11.2 Å². The van der Waals surface area contributed by atoms with Gasteiger partial charge in [-0.25, -0.2) is 0 Å². The smallest absolute Gasteiger partial charge is 0.135 e. The minimum absolute atomic E-state index is 0.900. The average molecular weight is 690 g/mol. The summed E-state index contributed by atoms with van der Waals surface area (Å²) in [4.78, 5) is 2.40. The second kappa shape index (κ2) is 13.4. The number of nitrogens with zero attached hydrogens (tertiary/aromatic N) is 1. The number of fused-ring (bicyclic) bond motifs is 4. The monoisotopic (exact) mass is 689 g/mol. The van der Waals surface area contributed by atoms with Crippen molar-refractivity contribution >= 4 is 49.8 Å². The Labute approximate surface area is 314 Å². The molecule has 0 atom stereocenters. The summed E-state index contributed by atoms with van der Waals surface area (Å²) in [5.74, 6) is 0. The van der Waals surface area contributed by atoms with E-state index in [1.165, 1.54) is 44.2 Å². The molecule has 0 fully saturated rings. The summed E-state index contributed by atoms with van der Waals surface area (Å²) in [5.41, 5.74) is 14.6. The highest BCUT2D eigenvalue weighted by molar-refractivity contribution is 6.08. The fourth-order valence-electron chi connectivity index (χ4n) is 7.82. The number of hydrogen-bond acceptors (Lipinski definition) is 2. The van der Waals surface area contributed by atoms with Crippen LogP contribution in [-0.4, -0.2) is 0 Å². The molecule has 1 aromatic heterocycles. The Morgan fingerprint density at radius 2 is 0.815 bits per heavy atom. The van der Waals surface area contributed by atoms with E-state index in [9.17, 15) is 0 Å². The minimum Gasteiger partial charge on any atom is -0.456 e. The van der Waals surface area contributed by atoms with E-state index in [1.54, 1.807) is 0 Å². The van der Waals surface area contributed by atoms with Crippen LogP contribution in [-0.2, 0) is 0 Å². The van der Waals surface area contributed by atoms with Crippen molar-refractivity contribution in [3.63, 3.8) is 0 Å². The van der Waals surface area contributed by atoms with Gasteiger partial charge >= 0.3 is 0 Å². The van der Waals surface area contributed by atoms with Gasteiger partial charge in [-0.15, -0.1) is 0 Å². The Bertz CT molecular complexity index is 2920. The highest BCUT2D eigenvalue weighted by Crippen LogP contribution is 2.43. The third kappa shape index (κ3) is 5.71. The van der Waals surface area contributed by atoms with Crippen LogP contribution in [0.3, 0.4) is 0 Å². The van der Waals surface area contributed by atoms with Gasteiger partial charge in [0.2, 0.25) is 0 Å². The van der Waals surface area contributed by atoms with E-state index in [1.807, 2.05) is 12.1 Å². The molecule has 2 nitrogen and oxygen atoms in total. The molecule has 1 heterocycles. The summed E-state index contributed by atoms with van der Waals surface area (Å²) < 4.78 is 6.17. The summed E-state index contributed by atoms with van der Waals surface area (Å²) in [7, 11) is 0. The molecule has 0 saturated heterocycles. The number of anilines is 3. The zero-order chi connectivity index (χ0) is 35.8. The molecule has 0 aliphatic carbocycles. The van der Waals surface area contributed by atoms with Crippen LogP contribution < -0.4 is 4.90 Å². The van der Waals surface area contributed by atoms with E-state index in [2.05, 4.69) is 205 Å². The second-order valence-corrected chi connectivity index (χ2v) is 13.7. The molecule has 2 heteroatoms. The van der Waals surface area contributed by atoms with Crippen LogP contribution in [0.2, 0.25) is 0 Å². The predicted molar refractivity (Wildman–Crippen MR) is 228 cm³/mol. The van der Waals surface area contributed by atoms with Crippen LogP contribution in [0, 0.1) is 0 Å². The van der Waals surface area contributed by atoms with E-state index in [-0.39, 0.29) is 0 Å². The Kier molecular flexibility index (Phi) is 7.85. The Hall–Kier alpha value is -7.16. The van der Waals surface area contributed by atoms with Crippen molar-refractivity contribution in [2.24, 2.45) is 0 Å². The van der Waals surface area contributed by atoms with Crippen LogP contribution in [0.1, 0.15) is 0 Å². The first-order chi connectivity index (χ1) is 26.8. The van der Waals surface area contributed by atoms with Crippen molar-refractivity contribution in [3.05, 3.63) is 212 Å². The van der Waals surface area contributed by atoms with Crippen molar-refractivity contribution in [1.82, 2.24) is 0 Å². The van der Waals surface area contributed by atoms with Gasteiger partial charge in [0.05, 0.1) is 5.69 Å². The fraction of sp³-hybridized carbons (Fsp3) is 0. The van der Waals surface area contributed by atoms with Gasteiger partial charge < -0.3 is 9.32 Å². The van der Waals surface area contributed by atoms with E-state index in [0.29, 0.717) is 0 Å². The quantitative estimate of drug-likeness (QED) is 0.166. The molecule has 0 amide bonds.